The minimum absolute atomic E-state index is 0.228. The Labute approximate surface area is 124 Å². The van der Waals surface area contributed by atoms with Gasteiger partial charge in [0.05, 0.1) is 10.2 Å². The summed E-state index contributed by atoms with van der Waals surface area (Å²) in [5.74, 6) is -0.228. The molecule has 0 spiro atoms. The van der Waals surface area contributed by atoms with E-state index in [9.17, 15) is 4.39 Å². The van der Waals surface area contributed by atoms with Gasteiger partial charge < -0.3 is 5.32 Å². The molecule has 1 heterocycles. The first kappa shape index (κ1) is 15.2. The van der Waals surface area contributed by atoms with Gasteiger partial charge in [0.2, 0.25) is 0 Å². The average molecular weight is 294 g/mol. The van der Waals surface area contributed by atoms with Crippen LogP contribution in [0.1, 0.15) is 46.5 Å². The number of hydrogen-bond acceptors (Lipinski definition) is 3. The smallest absolute Gasteiger partial charge is 0.183 e. The summed E-state index contributed by atoms with van der Waals surface area (Å²) in [4.78, 5) is 4.44. The van der Waals surface area contributed by atoms with E-state index in [1.807, 2.05) is 0 Å². The van der Waals surface area contributed by atoms with E-state index in [4.69, 9.17) is 0 Å². The Kier molecular flexibility index (Phi) is 4.97. The van der Waals surface area contributed by atoms with Crippen LogP contribution in [0.25, 0.3) is 10.2 Å². The summed E-state index contributed by atoms with van der Waals surface area (Å²) in [7, 11) is 0. The minimum atomic E-state index is -0.228. The number of hydrogen-bond donors (Lipinski definition) is 1. The quantitative estimate of drug-likeness (QED) is 0.686. The maximum absolute atomic E-state index is 13.1. The lowest BCUT2D eigenvalue weighted by Gasteiger charge is -2.24. The molecule has 0 aliphatic carbocycles. The lowest BCUT2D eigenvalue weighted by molar-refractivity contribution is 0.342. The first-order valence-corrected chi connectivity index (χ1v) is 8.12. The predicted octanol–water partition coefficient (Wildman–Crippen LogP) is 5.45. The van der Waals surface area contributed by atoms with Gasteiger partial charge in [0.25, 0.3) is 0 Å². The minimum Gasteiger partial charge on any atom is -0.361 e. The first-order chi connectivity index (χ1) is 9.50. The number of benzene rings is 1. The van der Waals surface area contributed by atoms with Crippen LogP contribution in [0, 0.1) is 11.2 Å². The highest BCUT2D eigenvalue weighted by molar-refractivity contribution is 7.22. The monoisotopic (exact) mass is 294 g/mol. The standard InChI is InChI=1S/C16H23FN2S/c1-4-5-6-9-16(2,3)11-18-15-19-13-10-12(17)7-8-14(13)20-15/h7-8,10H,4-6,9,11H2,1-3H3,(H,18,19). The van der Waals surface area contributed by atoms with Gasteiger partial charge in [-0.1, -0.05) is 51.4 Å². The molecule has 1 N–H and O–H groups in total. The molecule has 0 amide bonds. The number of thiazole rings is 1. The Morgan fingerprint density at radius 1 is 1.30 bits per heavy atom. The number of unbranched alkanes of at least 4 members (excludes halogenated alkanes) is 2. The second-order valence-corrected chi connectivity index (χ2v) is 7.14. The second kappa shape index (κ2) is 6.53. The lowest BCUT2D eigenvalue weighted by Crippen LogP contribution is -2.22. The Hall–Kier alpha value is -1.16. The van der Waals surface area contributed by atoms with Crippen LogP contribution in [0.3, 0.4) is 0 Å². The summed E-state index contributed by atoms with van der Waals surface area (Å²) in [6.07, 6.45) is 5.04. The molecule has 0 bridgehead atoms. The Morgan fingerprint density at radius 2 is 2.10 bits per heavy atom. The van der Waals surface area contributed by atoms with Crippen molar-refractivity contribution in [3.63, 3.8) is 0 Å². The third kappa shape index (κ3) is 4.17. The van der Waals surface area contributed by atoms with Crippen LogP contribution >= 0.6 is 11.3 Å². The largest absolute Gasteiger partial charge is 0.361 e. The van der Waals surface area contributed by atoms with Crippen LogP contribution in [0.15, 0.2) is 18.2 Å². The Balaban J connectivity index is 1.94. The fraction of sp³-hybridized carbons (Fsp3) is 0.562. The van der Waals surface area contributed by atoms with Crippen molar-refractivity contribution in [1.29, 1.82) is 0 Å². The summed E-state index contributed by atoms with van der Waals surface area (Å²) < 4.78 is 14.2. The summed E-state index contributed by atoms with van der Waals surface area (Å²) in [5.41, 5.74) is 0.999. The van der Waals surface area contributed by atoms with E-state index in [-0.39, 0.29) is 11.2 Å². The second-order valence-electron chi connectivity index (χ2n) is 6.11. The zero-order chi connectivity index (χ0) is 14.6. The van der Waals surface area contributed by atoms with Crippen molar-refractivity contribution in [3.8, 4) is 0 Å². The SMILES string of the molecule is CCCCCC(C)(C)CNc1nc2cc(F)ccc2s1. The van der Waals surface area contributed by atoms with Gasteiger partial charge in [0.15, 0.2) is 5.13 Å². The molecule has 110 valence electrons. The molecule has 0 aliphatic rings. The van der Waals surface area contributed by atoms with Crippen LogP contribution in [-0.4, -0.2) is 11.5 Å². The topological polar surface area (TPSA) is 24.9 Å². The number of nitrogens with zero attached hydrogens (tertiary/aromatic N) is 1. The number of rotatable bonds is 7. The fourth-order valence-electron chi connectivity index (χ4n) is 2.23. The Morgan fingerprint density at radius 3 is 2.85 bits per heavy atom. The Bertz CT molecular complexity index is 563. The van der Waals surface area contributed by atoms with Gasteiger partial charge in [0, 0.05) is 12.6 Å². The van der Waals surface area contributed by atoms with E-state index >= 15 is 0 Å². The molecule has 2 aromatic rings. The molecule has 0 radical (unpaired) electrons. The van der Waals surface area contributed by atoms with Crippen LogP contribution in [-0.2, 0) is 0 Å². The number of aromatic nitrogens is 1. The van der Waals surface area contributed by atoms with E-state index in [1.54, 1.807) is 17.4 Å². The molecule has 2 rings (SSSR count). The van der Waals surface area contributed by atoms with Crippen molar-refractivity contribution in [2.75, 3.05) is 11.9 Å². The van der Waals surface area contributed by atoms with Crippen molar-refractivity contribution in [3.05, 3.63) is 24.0 Å². The maximum Gasteiger partial charge on any atom is 0.183 e. The zero-order valence-electron chi connectivity index (χ0n) is 12.5. The molecule has 2 nitrogen and oxygen atoms in total. The third-order valence-electron chi connectivity index (χ3n) is 3.52. The number of halogens is 1. The molecule has 0 atom stereocenters. The summed E-state index contributed by atoms with van der Waals surface area (Å²) in [6.45, 7) is 7.69. The summed E-state index contributed by atoms with van der Waals surface area (Å²) >= 11 is 1.59. The average Bonchev–Trinajstić information content (AvgIpc) is 2.79. The zero-order valence-corrected chi connectivity index (χ0v) is 13.3. The normalized spacial score (nSPS) is 12.0. The van der Waals surface area contributed by atoms with Crippen LogP contribution in [0.4, 0.5) is 9.52 Å². The van der Waals surface area contributed by atoms with Crippen molar-refractivity contribution in [2.45, 2.75) is 46.5 Å². The number of nitrogens with one attached hydrogen (secondary N) is 1. The first-order valence-electron chi connectivity index (χ1n) is 7.30. The van der Waals surface area contributed by atoms with E-state index in [1.165, 1.54) is 37.8 Å². The summed E-state index contributed by atoms with van der Waals surface area (Å²) in [6, 6.07) is 4.77. The molecule has 1 aromatic heterocycles. The highest BCUT2D eigenvalue weighted by atomic mass is 32.1. The van der Waals surface area contributed by atoms with E-state index in [0.717, 1.165) is 21.9 Å². The third-order valence-corrected chi connectivity index (χ3v) is 4.52. The molecule has 0 saturated carbocycles. The molecule has 0 unspecified atom stereocenters. The molecular formula is C16H23FN2S. The maximum atomic E-state index is 13.1. The molecule has 0 aliphatic heterocycles. The summed E-state index contributed by atoms with van der Waals surface area (Å²) in [5, 5.41) is 4.29. The van der Waals surface area contributed by atoms with Gasteiger partial charge in [-0.25, -0.2) is 9.37 Å². The number of fused-ring (bicyclic) bond motifs is 1. The van der Waals surface area contributed by atoms with Gasteiger partial charge in [-0.3, -0.25) is 0 Å². The van der Waals surface area contributed by atoms with Crippen molar-refractivity contribution in [2.24, 2.45) is 5.41 Å². The van der Waals surface area contributed by atoms with Crippen LogP contribution in [0.5, 0.6) is 0 Å². The van der Waals surface area contributed by atoms with Gasteiger partial charge in [-0.05, 0) is 24.0 Å². The van der Waals surface area contributed by atoms with Crippen molar-refractivity contribution >= 4 is 26.7 Å². The van der Waals surface area contributed by atoms with E-state index in [0.29, 0.717) is 0 Å². The van der Waals surface area contributed by atoms with Gasteiger partial charge >= 0.3 is 0 Å². The molecular weight excluding hydrogens is 271 g/mol. The van der Waals surface area contributed by atoms with Gasteiger partial charge in [-0.15, -0.1) is 0 Å². The van der Waals surface area contributed by atoms with Gasteiger partial charge in [-0.2, -0.15) is 0 Å². The fourth-order valence-corrected chi connectivity index (χ4v) is 3.07. The van der Waals surface area contributed by atoms with E-state index in [2.05, 4.69) is 31.1 Å². The van der Waals surface area contributed by atoms with Gasteiger partial charge in [0.1, 0.15) is 5.82 Å². The molecule has 0 saturated heterocycles. The highest BCUT2D eigenvalue weighted by Gasteiger charge is 2.17. The predicted molar refractivity (Wildman–Crippen MR) is 86.0 cm³/mol. The highest BCUT2D eigenvalue weighted by Crippen LogP contribution is 2.29. The van der Waals surface area contributed by atoms with Crippen molar-refractivity contribution in [1.82, 2.24) is 4.98 Å². The molecule has 4 heteroatoms. The number of anilines is 1. The van der Waals surface area contributed by atoms with Crippen molar-refractivity contribution < 1.29 is 4.39 Å². The van der Waals surface area contributed by atoms with Crippen LogP contribution < -0.4 is 5.32 Å². The van der Waals surface area contributed by atoms with Crippen LogP contribution in [0.2, 0.25) is 0 Å². The molecule has 0 fully saturated rings. The molecule has 1 aromatic carbocycles. The van der Waals surface area contributed by atoms with E-state index < -0.39 is 0 Å². The molecule has 20 heavy (non-hydrogen) atoms. The lowest BCUT2D eigenvalue weighted by atomic mass is 9.87.